The van der Waals surface area contributed by atoms with Crippen molar-refractivity contribution in [2.75, 3.05) is 80.9 Å². The molecule has 4 aliphatic rings. The zero-order valence-corrected chi connectivity index (χ0v) is 78.9. The number of nitrogens with zero attached hydrogens (tertiary/aromatic N) is 9. The molecule has 672 valence electrons. The number of hydrogen-bond acceptors (Lipinski definition) is 19. The van der Waals surface area contributed by atoms with E-state index in [1.807, 2.05) is 178 Å². The summed E-state index contributed by atoms with van der Waals surface area (Å²) in [4.78, 5) is 75.5. The number of fused-ring (bicyclic) bond motifs is 4. The molecule has 0 saturated heterocycles. The Bertz CT molecular complexity index is 6090. The predicted octanol–water partition coefficient (Wildman–Crippen LogP) is 19.5. The normalized spacial score (nSPS) is 17.3. The third-order valence-electron chi connectivity index (χ3n) is 24.2. The maximum absolute atomic E-state index is 13.6. The van der Waals surface area contributed by atoms with E-state index in [4.69, 9.17) is 94.8 Å². The van der Waals surface area contributed by atoms with Crippen LogP contribution in [0.25, 0.3) is 45.6 Å². The summed E-state index contributed by atoms with van der Waals surface area (Å²) < 4.78 is 41.0. The van der Waals surface area contributed by atoms with Crippen molar-refractivity contribution < 1.29 is 28.4 Å². The van der Waals surface area contributed by atoms with Gasteiger partial charge in [0.25, 0.3) is 22.2 Å². The Balaban J connectivity index is 0.000000146. The van der Waals surface area contributed by atoms with Crippen LogP contribution >= 0.6 is 46.4 Å². The first kappa shape index (κ1) is 94.5. The Kier molecular flexibility index (Phi) is 31.3. The number of nitrogens with one attached hydrogen (secondary N) is 4. The number of hydrogen-bond donors (Lipinski definition) is 4. The summed E-state index contributed by atoms with van der Waals surface area (Å²) in [6.07, 6.45) is 5.63. The van der Waals surface area contributed by atoms with Crippen LogP contribution in [0.4, 0.5) is 28.4 Å². The van der Waals surface area contributed by atoms with E-state index >= 15 is 0 Å². The van der Waals surface area contributed by atoms with Crippen LogP contribution in [0.5, 0.6) is 11.5 Å². The van der Waals surface area contributed by atoms with E-state index in [-0.39, 0.29) is 70.8 Å². The third kappa shape index (κ3) is 20.0. The number of aryl methyl sites for hydroxylation is 5. The van der Waals surface area contributed by atoms with E-state index in [9.17, 15) is 19.2 Å². The quantitative estimate of drug-likeness (QED) is 0.0374. The van der Waals surface area contributed by atoms with Crippen LogP contribution in [-0.2, 0) is 98.5 Å². The molecule has 8 aromatic carbocycles. The highest BCUT2D eigenvalue weighted by Gasteiger charge is 2.39. The predicted molar refractivity (Wildman–Crippen MR) is 517 cm³/mol. The van der Waals surface area contributed by atoms with Crippen molar-refractivity contribution in [3.63, 3.8) is 0 Å². The van der Waals surface area contributed by atoms with Crippen LogP contribution < -0.4 is 57.9 Å². The standard InChI is InChI=1S/C26H31ClN4O2.C26H31N3O3.C25H28ClN3O3.C24H25Cl2N3O2/c1-6-21-24(29-23-18-11-9-8-10-16(18)14-22(23)33-7-2)26(32)31(5)25(28-21)19-13-12-17(30(3)4)15-20(19)27;1-6-21-24(28-23-20-11-9-8-10-17(20)15-22(23)32-7-2)26(30)29(4)25(27-21)19-13-12-18(31-5)14-16(19)3;1-5-20-23(28-22-17-10-8-7-9-15(17)13-21(22)32-6-2)25(30)29(3)24(27-20)18-12-11-16(31-4)14-19(18)26;1-4-19-22(28-21-16-9-7-6-8-14(16)12-20(21)31-5-2)24(30)29(3)23(27-19)17-11-10-15(25)13-18(17)26/h8-13,15,22-23,29H,6-7,14H2,1-5H3;8-14,22-23,28H,6-7,15H2,1-5H3;7-12,14,21-22,28H,5-6,13H2,1-4H3;6-11,13,20-21,28H,4-5,12H2,1-3H3/t2*22-,23?;21-,22?;20-,21?/m0000/s1. The highest BCUT2D eigenvalue weighted by atomic mass is 35.5. The average Bonchev–Trinajstić information content (AvgIpc) is 1.25. The molecule has 0 fully saturated rings. The third-order valence-corrected chi connectivity index (χ3v) is 25.4. The van der Waals surface area contributed by atoms with Crippen molar-refractivity contribution in [1.29, 1.82) is 0 Å². The summed E-state index contributed by atoms with van der Waals surface area (Å²) in [6, 6.07) is 54.9. The minimum absolute atomic E-state index is 0.0182. The van der Waals surface area contributed by atoms with Gasteiger partial charge in [-0.25, -0.2) is 19.9 Å². The van der Waals surface area contributed by atoms with E-state index in [0.29, 0.717) is 147 Å². The van der Waals surface area contributed by atoms with Gasteiger partial charge in [0, 0.05) is 127 Å². The van der Waals surface area contributed by atoms with Crippen molar-refractivity contribution in [3.05, 3.63) is 304 Å². The summed E-state index contributed by atoms with van der Waals surface area (Å²) in [7, 11) is 14.1. The molecule has 0 amide bonds. The fourth-order valence-corrected chi connectivity index (χ4v) is 18.6. The van der Waals surface area contributed by atoms with Gasteiger partial charge in [-0.3, -0.25) is 37.4 Å². The topological polar surface area (TPSA) is 246 Å². The van der Waals surface area contributed by atoms with Crippen molar-refractivity contribution in [3.8, 4) is 57.1 Å². The van der Waals surface area contributed by atoms with E-state index in [2.05, 4.69) is 69.8 Å². The first-order chi connectivity index (χ1) is 61.7. The van der Waals surface area contributed by atoms with Crippen LogP contribution in [0, 0.1) is 6.92 Å². The van der Waals surface area contributed by atoms with Gasteiger partial charge in [-0.1, -0.05) is 171 Å². The molecular weight excluding hydrogens is 1700 g/mol. The van der Waals surface area contributed by atoms with Gasteiger partial charge in [-0.05, 0) is 183 Å². The summed E-state index contributed by atoms with van der Waals surface area (Å²) >= 11 is 25.5. The van der Waals surface area contributed by atoms with Gasteiger partial charge in [-0.2, -0.15) is 0 Å². The van der Waals surface area contributed by atoms with Crippen LogP contribution in [0.1, 0.15) is 152 Å². The number of benzene rings is 8. The molecule has 12 aromatic rings. The molecule has 0 aliphatic heterocycles. The van der Waals surface area contributed by atoms with Crippen LogP contribution in [0.2, 0.25) is 20.1 Å². The van der Waals surface area contributed by atoms with Gasteiger partial charge in [0.15, 0.2) is 0 Å². The number of anilines is 5. The largest absolute Gasteiger partial charge is 0.497 e. The van der Waals surface area contributed by atoms with Gasteiger partial charge in [0.1, 0.15) is 57.5 Å². The smallest absolute Gasteiger partial charge is 0.277 e. The number of methoxy groups -OCH3 is 2. The molecule has 0 bridgehead atoms. The molecule has 0 saturated carbocycles. The molecule has 23 nitrogen and oxygen atoms in total. The maximum Gasteiger partial charge on any atom is 0.277 e. The molecule has 0 spiro atoms. The van der Waals surface area contributed by atoms with Crippen molar-refractivity contribution in [2.24, 2.45) is 28.2 Å². The molecule has 8 atom stereocenters. The van der Waals surface area contributed by atoms with Gasteiger partial charge in [0.05, 0.1) is 101 Å². The SMILES string of the molecule is CCO[C@H]1Cc2ccccc2C1Nc1c(CC)nc(-c2ccc(Cl)cc2Cl)n(C)c1=O.CCO[C@H]1Cc2ccccc2C1Nc1c(CC)nc(-c2ccc(N(C)C)cc2Cl)n(C)c1=O.CCO[C@H]1Cc2ccccc2C1Nc1c(CC)nc(-c2ccc(OC)cc2C)n(C)c1=O.CCO[C@H]1Cc2ccccc2C1Nc1c(CC)nc(-c2ccc(OC)cc2Cl)n(C)c1=O. The van der Waals surface area contributed by atoms with Crippen molar-refractivity contribution in [1.82, 2.24) is 38.2 Å². The van der Waals surface area contributed by atoms with Crippen LogP contribution in [-0.4, -0.2) is 117 Å². The zero-order chi connectivity index (χ0) is 91.5. The molecule has 4 heterocycles. The van der Waals surface area contributed by atoms with E-state index in [1.165, 1.54) is 37.9 Å². The lowest BCUT2D eigenvalue weighted by Gasteiger charge is -2.24. The number of halogens is 4. The average molecular weight is 1810 g/mol. The summed E-state index contributed by atoms with van der Waals surface area (Å²) in [6.45, 7) is 20.5. The summed E-state index contributed by atoms with van der Waals surface area (Å²) in [5, 5.41) is 16.1. The molecule has 4 N–H and O–H groups in total. The molecule has 4 aliphatic carbocycles. The monoisotopic (exact) mass is 1810 g/mol. The fraction of sp³-hybridized carbons (Fsp3) is 0.366. The second-order valence-electron chi connectivity index (χ2n) is 32.2. The number of aromatic nitrogens is 8. The Hall–Kier alpha value is -11.1. The lowest BCUT2D eigenvalue weighted by molar-refractivity contribution is 0.0572. The maximum atomic E-state index is 13.6. The molecule has 128 heavy (non-hydrogen) atoms. The molecule has 4 unspecified atom stereocenters. The van der Waals surface area contributed by atoms with Crippen molar-refractivity contribution >= 4 is 74.8 Å². The lowest BCUT2D eigenvalue weighted by atomic mass is 10.1. The van der Waals surface area contributed by atoms with E-state index < -0.39 is 0 Å². The van der Waals surface area contributed by atoms with Gasteiger partial charge < -0.3 is 54.6 Å². The molecule has 0 radical (unpaired) electrons. The van der Waals surface area contributed by atoms with E-state index in [0.717, 1.165) is 76.3 Å². The molecule has 27 heteroatoms. The minimum atomic E-state index is -0.146. The Morgan fingerprint density at radius 3 is 0.906 bits per heavy atom. The van der Waals surface area contributed by atoms with Crippen LogP contribution in [0.15, 0.2) is 189 Å². The second kappa shape index (κ2) is 42.4. The molecular formula is C101H115Cl4N13O10. The summed E-state index contributed by atoms with van der Waals surface area (Å²) in [5.41, 5.74) is 19.2. The lowest BCUT2D eigenvalue weighted by Crippen LogP contribution is -2.31. The first-order valence-electron chi connectivity index (χ1n) is 43.9. The molecule has 4 aromatic heterocycles. The minimum Gasteiger partial charge on any atom is -0.497 e. The fourth-order valence-electron chi connectivity index (χ4n) is 17.6. The molecule has 16 rings (SSSR count). The number of rotatable bonds is 27. The van der Waals surface area contributed by atoms with Crippen LogP contribution in [0.3, 0.4) is 0 Å². The highest BCUT2D eigenvalue weighted by Crippen LogP contribution is 2.43. The summed E-state index contributed by atoms with van der Waals surface area (Å²) in [5.74, 6) is 3.70. The first-order valence-corrected chi connectivity index (χ1v) is 45.4. The van der Waals surface area contributed by atoms with Gasteiger partial charge in [-0.15, -0.1) is 0 Å². The van der Waals surface area contributed by atoms with E-state index in [1.54, 1.807) is 80.4 Å². The zero-order valence-electron chi connectivity index (χ0n) is 75.9. The Labute approximate surface area is 769 Å². The van der Waals surface area contributed by atoms with Gasteiger partial charge >= 0.3 is 0 Å². The Morgan fingerprint density at radius 1 is 0.359 bits per heavy atom. The highest BCUT2D eigenvalue weighted by molar-refractivity contribution is 6.36. The Morgan fingerprint density at radius 2 is 0.633 bits per heavy atom. The number of ether oxygens (including phenoxy) is 6. The van der Waals surface area contributed by atoms with Gasteiger partial charge in [0.2, 0.25) is 0 Å². The second-order valence-corrected chi connectivity index (χ2v) is 33.8. The van der Waals surface area contributed by atoms with Crippen molar-refractivity contribution in [2.45, 2.75) is 162 Å².